The number of hydrogen-bond acceptors (Lipinski definition) is 1. The fourth-order valence-electron chi connectivity index (χ4n) is 2.95. The predicted octanol–water partition coefficient (Wildman–Crippen LogP) is 6.04. The van der Waals surface area contributed by atoms with E-state index in [2.05, 4.69) is 67.6 Å². The zero-order valence-electron chi connectivity index (χ0n) is 11.5. The Hall–Kier alpha value is -1.86. The van der Waals surface area contributed by atoms with Gasteiger partial charge >= 0.3 is 0 Å². The number of hydrogen-bond donors (Lipinski definition) is 0. The molecule has 0 fully saturated rings. The number of benzene rings is 2. The molecule has 0 saturated heterocycles. The summed E-state index contributed by atoms with van der Waals surface area (Å²) in [5.41, 5.74) is 2.81. The summed E-state index contributed by atoms with van der Waals surface area (Å²) in [6.45, 7) is 2.17. The van der Waals surface area contributed by atoms with Gasteiger partial charge in [-0.1, -0.05) is 48.1 Å². The first-order valence-corrected chi connectivity index (χ1v) is 7.89. The molecular formula is C19H16S. The number of thiophene rings is 1. The molecule has 1 heterocycles. The van der Waals surface area contributed by atoms with Crippen molar-refractivity contribution in [1.82, 2.24) is 0 Å². The second-order valence-corrected chi connectivity index (χ2v) is 6.59. The summed E-state index contributed by atoms with van der Waals surface area (Å²) in [4.78, 5) is 0. The van der Waals surface area contributed by atoms with Gasteiger partial charge in [0.2, 0.25) is 0 Å². The molecule has 1 unspecified atom stereocenters. The molecule has 1 aliphatic carbocycles. The van der Waals surface area contributed by atoms with E-state index in [1.54, 1.807) is 0 Å². The van der Waals surface area contributed by atoms with Crippen molar-refractivity contribution in [2.24, 2.45) is 0 Å². The van der Waals surface area contributed by atoms with Gasteiger partial charge in [-0.3, -0.25) is 0 Å². The van der Waals surface area contributed by atoms with Crippen molar-refractivity contribution in [2.75, 3.05) is 0 Å². The van der Waals surface area contributed by atoms with Crippen molar-refractivity contribution in [3.8, 4) is 0 Å². The van der Waals surface area contributed by atoms with Crippen LogP contribution in [0.5, 0.6) is 0 Å². The van der Waals surface area contributed by atoms with E-state index in [1.165, 1.54) is 31.3 Å². The Morgan fingerprint density at radius 3 is 2.70 bits per heavy atom. The van der Waals surface area contributed by atoms with Crippen LogP contribution in [-0.2, 0) is 0 Å². The molecule has 0 radical (unpaired) electrons. The van der Waals surface area contributed by atoms with Gasteiger partial charge in [-0.25, -0.2) is 0 Å². The Kier molecular flexibility index (Phi) is 2.75. The zero-order valence-corrected chi connectivity index (χ0v) is 12.3. The van der Waals surface area contributed by atoms with Crippen LogP contribution in [0.1, 0.15) is 24.8 Å². The summed E-state index contributed by atoms with van der Waals surface area (Å²) < 4.78 is 2.77. The third-order valence-electron chi connectivity index (χ3n) is 4.11. The van der Waals surface area contributed by atoms with Crippen LogP contribution in [0.2, 0.25) is 0 Å². The summed E-state index contributed by atoms with van der Waals surface area (Å²) in [7, 11) is 0. The molecule has 1 aliphatic rings. The lowest BCUT2D eigenvalue weighted by Gasteiger charge is -2.15. The average Bonchev–Trinajstić information content (AvgIpc) is 2.86. The lowest BCUT2D eigenvalue weighted by atomic mass is 9.90. The molecule has 98 valence electrons. The lowest BCUT2D eigenvalue weighted by molar-refractivity contribution is 0.847. The Balaban J connectivity index is 1.86. The Morgan fingerprint density at radius 2 is 1.85 bits per heavy atom. The van der Waals surface area contributed by atoms with Gasteiger partial charge in [0.1, 0.15) is 0 Å². The Morgan fingerprint density at radius 1 is 1.00 bits per heavy atom. The Bertz CT molecular complexity index is 848. The van der Waals surface area contributed by atoms with Crippen molar-refractivity contribution < 1.29 is 0 Å². The molecule has 3 aromatic rings. The largest absolute Gasteiger partial charge is 0.135 e. The number of rotatable bonds is 1. The summed E-state index contributed by atoms with van der Waals surface area (Å²) in [6.07, 6.45) is 8.03. The highest BCUT2D eigenvalue weighted by molar-refractivity contribution is 7.25. The first kappa shape index (κ1) is 11.9. The fourth-order valence-corrected chi connectivity index (χ4v) is 4.04. The van der Waals surface area contributed by atoms with Gasteiger partial charge in [0.05, 0.1) is 0 Å². The molecule has 0 aliphatic heterocycles. The SMILES string of the molecule is CC1=CCC(c2ccc3sc4ccccc4c3c2)C=C1. The monoisotopic (exact) mass is 276 g/mol. The molecule has 1 heteroatoms. The fraction of sp³-hybridized carbons (Fsp3) is 0.158. The van der Waals surface area contributed by atoms with Gasteiger partial charge < -0.3 is 0 Å². The van der Waals surface area contributed by atoms with E-state index in [-0.39, 0.29) is 0 Å². The van der Waals surface area contributed by atoms with Gasteiger partial charge in [-0.15, -0.1) is 11.3 Å². The standard InChI is InChI=1S/C19H16S/c1-13-6-8-14(9-7-13)15-10-11-19-17(12-15)16-4-2-3-5-18(16)20-19/h2-8,10-12,14H,9H2,1H3. The molecule has 20 heavy (non-hydrogen) atoms. The highest BCUT2D eigenvalue weighted by Crippen LogP contribution is 2.36. The van der Waals surface area contributed by atoms with E-state index >= 15 is 0 Å². The molecule has 4 rings (SSSR count). The smallest absolute Gasteiger partial charge is 0.0355 e. The van der Waals surface area contributed by atoms with Gasteiger partial charge in [0, 0.05) is 26.1 Å². The lowest BCUT2D eigenvalue weighted by Crippen LogP contribution is -1.97. The quantitative estimate of drug-likeness (QED) is 0.508. The topological polar surface area (TPSA) is 0 Å². The third kappa shape index (κ3) is 1.90. The maximum absolute atomic E-state index is 2.39. The van der Waals surface area contributed by atoms with Crippen LogP contribution in [0, 0.1) is 0 Å². The molecule has 0 nitrogen and oxygen atoms in total. The third-order valence-corrected chi connectivity index (χ3v) is 5.27. The minimum Gasteiger partial charge on any atom is -0.135 e. The summed E-state index contributed by atoms with van der Waals surface area (Å²) in [5.74, 6) is 0.529. The minimum absolute atomic E-state index is 0.529. The summed E-state index contributed by atoms with van der Waals surface area (Å²) in [5, 5.41) is 2.80. The van der Waals surface area contributed by atoms with E-state index in [1.807, 2.05) is 11.3 Å². The molecule has 0 saturated carbocycles. The molecule has 0 spiro atoms. The van der Waals surface area contributed by atoms with Crippen molar-refractivity contribution in [2.45, 2.75) is 19.3 Å². The maximum atomic E-state index is 2.39. The molecule has 0 N–H and O–H groups in total. The van der Waals surface area contributed by atoms with Crippen molar-refractivity contribution in [3.05, 3.63) is 71.8 Å². The summed E-state index contributed by atoms with van der Waals surface area (Å²) in [6, 6.07) is 15.7. The van der Waals surface area contributed by atoms with E-state index in [0.29, 0.717) is 5.92 Å². The normalized spacial score (nSPS) is 18.6. The molecule has 2 aromatic carbocycles. The van der Waals surface area contributed by atoms with Gasteiger partial charge in [0.15, 0.2) is 0 Å². The molecular weight excluding hydrogens is 260 g/mol. The minimum atomic E-state index is 0.529. The molecule has 1 atom stereocenters. The van der Waals surface area contributed by atoms with Crippen LogP contribution in [0.15, 0.2) is 66.3 Å². The summed E-state index contributed by atoms with van der Waals surface area (Å²) >= 11 is 1.89. The molecule has 0 bridgehead atoms. The second-order valence-electron chi connectivity index (χ2n) is 5.50. The van der Waals surface area contributed by atoms with Gasteiger partial charge in [0.25, 0.3) is 0 Å². The van der Waals surface area contributed by atoms with Gasteiger partial charge in [-0.2, -0.15) is 0 Å². The molecule has 1 aromatic heterocycles. The number of fused-ring (bicyclic) bond motifs is 3. The van der Waals surface area contributed by atoms with Crippen molar-refractivity contribution in [1.29, 1.82) is 0 Å². The number of allylic oxidation sites excluding steroid dienone is 4. The van der Waals surface area contributed by atoms with Crippen LogP contribution >= 0.6 is 11.3 Å². The van der Waals surface area contributed by atoms with Crippen molar-refractivity contribution in [3.63, 3.8) is 0 Å². The van der Waals surface area contributed by atoms with Crippen LogP contribution in [0.4, 0.5) is 0 Å². The second kappa shape index (κ2) is 4.60. The van der Waals surface area contributed by atoms with Crippen molar-refractivity contribution >= 4 is 31.5 Å². The van der Waals surface area contributed by atoms with Crippen LogP contribution < -0.4 is 0 Å². The predicted molar refractivity (Wildman–Crippen MR) is 89.6 cm³/mol. The van der Waals surface area contributed by atoms with Gasteiger partial charge in [-0.05, 0) is 37.1 Å². The average molecular weight is 276 g/mol. The Labute approximate surface area is 123 Å². The van der Waals surface area contributed by atoms with Crippen LogP contribution in [0.25, 0.3) is 20.2 Å². The highest BCUT2D eigenvalue weighted by Gasteiger charge is 2.12. The zero-order chi connectivity index (χ0) is 13.5. The first-order valence-electron chi connectivity index (χ1n) is 7.07. The van der Waals surface area contributed by atoms with E-state index < -0.39 is 0 Å². The first-order chi connectivity index (χ1) is 9.81. The maximum Gasteiger partial charge on any atom is 0.0355 e. The van der Waals surface area contributed by atoms with Crippen LogP contribution in [-0.4, -0.2) is 0 Å². The van der Waals surface area contributed by atoms with Crippen LogP contribution in [0.3, 0.4) is 0 Å². The van der Waals surface area contributed by atoms with E-state index in [0.717, 1.165) is 6.42 Å². The van der Waals surface area contributed by atoms with E-state index in [4.69, 9.17) is 0 Å². The highest BCUT2D eigenvalue weighted by atomic mass is 32.1. The molecule has 0 amide bonds. The van der Waals surface area contributed by atoms with E-state index in [9.17, 15) is 0 Å².